The molecule has 0 spiro atoms. The smallest absolute Gasteiger partial charge is 0.387 e. The van der Waals surface area contributed by atoms with E-state index >= 15 is 0 Å². The standard InChI is InChI=1S/C26H23F2NO3/c1-17(2)24(19-11-13-22(14-12-19)31-26(27)28)25(30)32-23(16-29)21-10-6-9-20(15-21)18-7-4-3-5-8-18/h3-15,17,23-24,26H,1-2H3. The molecule has 0 aliphatic carbocycles. The van der Waals surface area contributed by atoms with E-state index in [1.165, 1.54) is 12.1 Å². The maximum Gasteiger partial charge on any atom is 0.387 e. The van der Waals surface area contributed by atoms with E-state index in [-0.39, 0.29) is 11.7 Å². The van der Waals surface area contributed by atoms with Crippen LogP contribution < -0.4 is 4.74 Å². The number of alkyl halides is 2. The summed E-state index contributed by atoms with van der Waals surface area (Å²) in [6.45, 7) is 0.787. The quantitative estimate of drug-likeness (QED) is 0.379. The molecule has 0 bridgehead atoms. The van der Waals surface area contributed by atoms with Crippen molar-refractivity contribution in [3.8, 4) is 22.9 Å². The molecule has 0 heterocycles. The van der Waals surface area contributed by atoms with Gasteiger partial charge in [0, 0.05) is 5.56 Å². The summed E-state index contributed by atoms with van der Waals surface area (Å²) in [5, 5.41) is 9.69. The number of hydrogen-bond acceptors (Lipinski definition) is 4. The summed E-state index contributed by atoms with van der Waals surface area (Å²) < 4.78 is 34.7. The minimum Gasteiger partial charge on any atom is -0.441 e. The number of nitrogens with zero attached hydrogens (tertiary/aromatic N) is 1. The molecule has 4 nitrogen and oxygen atoms in total. The van der Waals surface area contributed by atoms with E-state index in [2.05, 4.69) is 10.8 Å². The second kappa shape index (κ2) is 10.5. The third-order valence-corrected chi connectivity index (χ3v) is 5.03. The highest BCUT2D eigenvalue weighted by atomic mass is 19.3. The van der Waals surface area contributed by atoms with Gasteiger partial charge in [0.05, 0.1) is 5.92 Å². The normalized spacial score (nSPS) is 12.8. The Hall–Kier alpha value is -3.72. The van der Waals surface area contributed by atoms with Crippen LogP contribution in [0.15, 0.2) is 78.9 Å². The molecule has 0 amide bonds. The lowest BCUT2D eigenvalue weighted by atomic mass is 9.88. The number of esters is 1. The Morgan fingerprint density at radius 2 is 1.53 bits per heavy atom. The summed E-state index contributed by atoms with van der Waals surface area (Å²) in [7, 11) is 0. The zero-order chi connectivity index (χ0) is 23.1. The Morgan fingerprint density at radius 1 is 0.875 bits per heavy atom. The highest BCUT2D eigenvalue weighted by Gasteiger charge is 2.29. The number of nitriles is 1. The molecule has 0 aromatic heterocycles. The number of ether oxygens (including phenoxy) is 2. The Balaban J connectivity index is 1.80. The number of carbonyl (C=O) groups excluding carboxylic acids is 1. The van der Waals surface area contributed by atoms with Gasteiger partial charge < -0.3 is 9.47 Å². The van der Waals surface area contributed by atoms with Crippen LogP contribution in [0.4, 0.5) is 8.78 Å². The molecule has 3 aromatic carbocycles. The van der Waals surface area contributed by atoms with Crippen molar-refractivity contribution in [3.63, 3.8) is 0 Å². The van der Waals surface area contributed by atoms with Crippen LogP contribution in [-0.4, -0.2) is 12.6 Å². The minimum absolute atomic E-state index is 0.00671. The molecule has 0 saturated carbocycles. The number of carbonyl (C=O) groups is 1. The average Bonchev–Trinajstić information content (AvgIpc) is 2.79. The second-order valence-electron chi connectivity index (χ2n) is 7.61. The molecule has 0 aliphatic heterocycles. The molecule has 164 valence electrons. The zero-order valence-electron chi connectivity index (χ0n) is 17.7. The summed E-state index contributed by atoms with van der Waals surface area (Å²) >= 11 is 0. The van der Waals surface area contributed by atoms with Gasteiger partial charge in [-0.25, -0.2) is 0 Å². The number of halogens is 2. The molecule has 2 unspecified atom stereocenters. The molecule has 6 heteroatoms. The van der Waals surface area contributed by atoms with Crippen molar-refractivity contribution in [1.82, 2.24) is 0 Å². The lowest BCUT2D eigenvalue weighted by molar-refractivity contribution is -0.150. The average molecular weight is 435 g/mol. The third-order valence-electron chi connectivity index (χ3n) is 5.03. The highest BCUT2D eigenvalue weighted by Crippen LogP contribution is 2.31. The zero-order valence-corrected chi connectivity index (χ0v) is 17.7. The summed E-state index contributed by atoms with van der Waals surface area (Å²) in [6.07, 6.45) is -1.08. The Labute approximate surface area is 186 Å². The maximum atomic E-state index is 13.0. The summed E-state index contributed by atoms with van der Waals surface area (Å²) in [6, 6.07) is 25.0. The SMILES string of the molecule is CC(C)C(C(=O)OC(C#N)c1cccc(-c2ccccc2)c1)c1ccc(OC(F)F)cc1. The van der Waals surface area contributed by atoms with Gasteiger partial charge in [-0.15, -0.1) is 0 Å². The summed E-state index contributed by atoms with van der Waals surface area (Å²) in [5.74, 6) is -1.35. The van der Waals surface area contributed by atoms with Crippen LogP contribution in [-0.2, 0) is 9.53 Å². The van der Waals surface area contributed by atoms with Crippen molar-refractivity contribution in [1.29, 1.82) is 5.26 Å². The Kier molecular flexibility index (Phi) is 7.56. The monoisotopic (exact) mass is 435 g/mol. The molecule has 0 saturated heterocycles. The van der Waals surface area contributed by atoms with Crippen LogP contribution in [0.3, 0.4) is 0 Å². The highest BCUT2D eigenvalue weighted by molar-refractivity contribution is 5.79. The Bertz CT molecular complexity index is 1080. The number of rotatable bonds is 8. The maximum absolute atomic E-state index is 13.0. The molecule has 2 atom stereocenters. The molecule has 3 aromatic rings. The molecule has 0 aliphatic rings. The van der Waals surface area contributed by atoms with E-state index in [1.54, 1.807) is 18.2 Å². The first kappa shape index (κ1) is 23.0. The van der Waals surface area contributed by atoms with Gasteiger partial charge in [-0.05, 0) is 40.8 Å². The first-order valence-corrected chi connectivity index (χ1v) is 10.2. The van der Waals surface area contributed by atoms with E-state index in [1.807, 2.05) is 62.4 Å². The van der Waals surface area contributed by atoms with Gasteiger partial charge in [-0.1, -0.05) is 74.5 Å². The fraction of sp³-hybridized carbons (Fsp3) is 0.231. The van der Waals surface area contributed by atoms with Gasteiger partial charge in [0.15, 0.2) is 0 Å². The fourth-order valence-corrected chi connectivity index (χ4v) is 3.52. The van der Waals surface area contributed by atoms with E-state index in [4.69, 9.17) is 4.74 Å². The van der Waals surface area contributed by atoms with Crippen LogP contribution in [0.2, 0.25) is 0 Å². The lowest BCUT2D eigenvalue weighted by Crippen LogP contribution is -2.22. The van der Waals surface area contributed by atoms with Crippen LogP contribution in [0.1, 0.15) is 37.0 Å². The van der Waals surface area contributed by atoms with Crippen molar-refractivity contribution in [2.45, 2.75) is 32.5 Å². The van der Waals surface area contributed by atoms with Gasteiger partial charge in [-0.2, -0.15) is 14.0 Å². The molecule has 0 N–H and O–H groups in total. The van der Waals surface area contributed by atoms with Crippen LogP contribution in [0, 0.1) is 17.2 Å². The largest absolute Gasteiger partial charge is 0.441 e. The van der Waals surface area contributed by atoms with Gasteiger partial charge in [0.1, 0.15) is 11.8 Å². The topological polar surface area (TPSA) is 59.3 Å². The summed E-state index contributed by atoms with van der Waals surface area (Å²) in [4.78, 5) is 13.0. The third kappa shape index (κ3) is 5.70. The van der Waals surface area contributed by atoms with E-state index in [0.29, 0.717) is 11.1 Å². The molecule has 3 rings (SSSR count). The first-order chi connectivity index (χ1) is 15.4. The molecular weight excluding hydrogens is 412 g/mol. The predicted octanol–water partition coefficient (Wildman–Crippen LogP) is 6.50. The predicted molar refractivity (Wildman–Crippen MR) is 117 cm³/mol. The lowest BCUT2D eigenvalue weighted by Gasteiger charge is -2.22. The molecule has 0 radical (unpaired) electrons. The van der Waals surface area contributed by atoms with E-state index in [0.717, 1.165) is 11.1 Å². The van der Waals surface area contributed by atoms with Crippen LogP contribution in [0.5, 0.6) is 5.75 Å². The number of hydrogen-bond donors (Lipinski definition) is 0. The summed E-state index contributed by atoms with van der Waals surface area (Å²) in [5.41, 5.74) is 3.07. The van der Waals surface area contributed by atoms with Gasteiger partial charge in [0.2, 0.25) is 6.10 Å². The van der Waals surface area contributed by atoms with E-state index in [9.17, 15) is 18.8 Å². The van der Waals surface area contributed by atoms with Crippen LogP contribution >= 0.6 is 0 Å². The van der Waals surface area contributed by atoms with Gasteiger partial charge in [-0.3, -0.25) is 4.79 Å². The van der Waals surface area contributed by atoms with Crippen molar-refractivity contribution in [2.24, 2.45) is 5.92 Å². The first-order valence-electron chi connectivity index (χ1n) is 10.2. The van der Waals surface area contributed by atoms with E-state index < -0.39 is 24.6 Å². The van der Waals surface area contributed by atoms with Gasteiger partial charge >= 0.3 is 12.6 Å². The van der Waals surface area contributed by atoms with Crippen molar-refractivity contribution < 1.29 is 23.0 Å². The van der Waals surface area contributed by atoms with Crippen molar-refractivity contribution in [3.05, 3.63) is 90.0 Å². The van der Waals surface area contributed by atoms with Crippen molar-refractivity contribution in [2.75, 3.05) is 0 Å². The van der Waals surface area contributed by atoms with Crippen molar-refractivity contribution >= 4 is 5.97 Å². The van der Waals surface area contributed by atoms with Gasteiger partial charge in [0.25, 0.3) is 0 Å². The second-order valence-corrected chi connectivity index (χ2v) is 7.61. The minimum atomic E-state index is -2.92. The molecule has 0 fully saturated rings. The fourth-order valence-electron chi connectivity index (χ4n) is 3.52. The molecular formula is C26H23F2NO3. The molecule has 32 heavy (non-hydrogen) atoms. The Morgan fingerprint density at radius 3 is 2.12 bits per heavy atom. The van der Waals surface area contributed by atoms with Crippen LogP contribution in [0.25, 0.3) is 11.1 Å². The number of benzene rings is 3.